The predicted molar refractivity (Wildman–Crippen MR) is 103 cm³/mol. The number of carbonyl (C=O) groups excluding carboxylic acids is 1. The second-order valence-electron chi connectivity index (χ2n) is 8.09. The number of amidine groups is 1. The van der Waals surface area contributed by atoms with Gasteiger partial charge in [0.25, 0.3) is 10.0 Å². The summed E-state index contributed by atoms with van der Waals surface area (Å²) in [7, 11) is -1.84. The normalized spacial score (nSPS) is 21.4. The molecule has 0 aromatic heterocycles. The maximum atomic E-state index is 12.6. The lowest BCUT2D eigenvalue weighted by Crippen LogP contribution is -2.51. The van der Waals surface area contributed by atoms with Crippen molar-refractivity contribution in [3.63, 3.8) is 0 Å². The fraction of sp³-hybridized carbons (Fsp3) is 0.579. The molecular weight excluding hydrogens is 366 g/mol. The topological polar surface area (TPSA) is 79.3 Å². The number of nitrogens with zero attached hydrogens (tertiary/aromatic N) is 3. The molecule has 0 N–H and O–H groups in total. The highest BCUT2D eigenvalue weighted by Crippen LogP contribution is 2.28. The van der Waals surface area contributed by atoms with Crippen molar-refractivity contribution in [1.29, 1.82) is 0 Å². The van der Waals surface area contributed by atoms with E-state index in [0.29, 0.717) is 24.5 Å². The van der Waals surface area contributed by atoms with E-state index < -0.39 is 15.6 Å². The van der Waals surface area contributed by atoms with E-state index in [-0.39, 0.29) is 17.0 Å². The van der Waals surface area contributed by atoms with Crippen molar-refractivity contribution in [3.8, 4) is 0 Å². The first-order valence-corrected chi connectivity index (χ1v) is 10.7. The number of likely N-dealkylation sites (N-methyl/N-ethyl adjacent to an activating group) is 1. The molecule has 1 aromatic carbocycles. The summed E-state index contributed by atoms with van der Waals surface area (Å²) in [5.41, 5.74) is 0.0627. The number of rotatable bonds is 2. The molecule has 1 aromatic rings. The Morgan fingerprint density at radius 2 is 2.00 bits per heavy atom. The van der Waals surface area contributed by atoms with Crippen molar-refractivity contribution in [1.82, 2.24) is 9.80 Å². The lowest BCUT2D eigenvalue weighted by Gasteiger charge is -2.38. The zero-order chi connectivity index (χ0) is 19.8. The number of sulfonamides is 1. The van der Waals surface area contributed by atoms with E-state index in [4.69, 9.17) is 4.74 Å². The quantitative estimate of drug-likeness (QED) is 0.772. The molecule has 1 saturated heterocycles. The molecular formula is C19H27N3O4S. The first-order chi connectivity index (χ1) is 12.6. The van der Waals surface area contributed by atoms with Gasteiger partial charge < -0.3 is 14.5 Å². The molecule has 0 aliphatic carbocycles. The van der Waals surface area contributed by atoms with Gasteiger partial charge in [-0.05, 0) is 52.2 Å². The van der Waals surface area contributed by atoms with Crippen molar-refractivity contribution in [2.24, 2.45) is 4.40 Å². The van der Waals surface area contributed by atoms with Crippen molar-refractivity contribution >= 4 is 22.0 Å². The minimum atomic E-state index is -3.65. The Labute approximate surface area is 161 Å². The van der Waals surface area contributed by atoms with Crippen LogP contribution in [-0.2, 0) is 14.8 Å². The SMILES string of the molecule is CN(CC1CCCCN1C(=O)OC(C)(C)C)C1=NS(=O)(=O)c2ccccc21. The van der Waals surface area contributed by atoms with Crippen LogP contribution in [0.15, 0.2) is 33.6 Å². The summed E-state index contributed by atoms with van der Waals surface area (Å²) in [6.45, 7) is 6.71. The summed E-state index contributed by atoms with van der Waals surface area (Å²) in [6, 6.07) is 6.79. The Bertz CT molecular complexity index is 858. The smallest absolute Gasteiger partial charge is 0.410 e. The van der Waals surface area contributed by atoms with Crippen molar-refractivity contribution in [2.75, 3.05) is 20.1 Å². The van der Waals surface area contributed by atoms with E-state index in [1.165, 1.54) is 0 Å². The van der Waals surface area contributed by atoms with Gasteiger partial charge in [-0.2, -0.15) is 8.42 Å². The predicted octanol–water partition coefficient (Wildman–Crippen LogP) is 2.86. The average molecular weight is 394 g/mol. The third-order valence-electron chi connectivity index (χ3n) is 4.71. The van der Waals surface area contributed by atoms with Gasteiger partial charge in [-0.3, -0.25) is 0 Å². The Hall–Kier alpha value is -2.09. The summed E-state index contributed by atoms with van der Waals surface area (Å²) in [5, 5.41) is 0. The minimum absolute atomic E-state index is 0.0447. The van der Waals surface area contributed by atoms with Crippen LogP contribution >= 0.6 is 0 Å². The number of piperidine rings is 1. The summed E-state index contributed by atoms with van der Waals surface area (Å²) in [5.74, 6) is 0.431. The van der Waals surface area contributed by atoms with Crippen LogP contribution in [0.5, 0.6) is 0 Å². The van der Waals surface area contributed by atoms with Crippen LogP contribution in [0.4, 0.5) is 4.79 Å². The molecule has 1 unspecified atom stereocenters. The summed E-state index contributed by atoms with van der Waals surface area (Å²) in [6.07, 6.45) is 2.50. The summed E-state index contributed by atoms with van der Waals surface area (Å²) in [4.78, 5) is 16.4. The molecule has 0 spiro atoms. The zero-order valence-electron chi connectivity index (χ0n) is 16.3. The van der Waals surface area contributed by atoms with Gasteiger partial charge in [0.15, 0.2) is 5.84 Å². The number of ether oxygens (including phenoxy) is 1. The average Bonchev–Trinajstić information content (AvgIpc) is 2.86. The van der Waals surface area contributed by atoms with Gasteiger partial charge in [-0.25, -0.2) is 4.79 Å². The van der Waals surface area contributed by atoms with E-state index >= 15 is 0 Å². The molecule has 148 valence electrons. The Morgan fingerprint density at radius 3 is 2.70 bits per heavy atom. The van der Waals surface area contributed by atoms with Gasteiger partial charge in [-0.1, -0.05) is 12.1 Å². The standard InChI is InChI=1S/C19H27N3O4S/c1-19(2,3)26-18(23)22-12-8-7-9-14(22)13-21(4)17-15-10-5-6-11-16(15)27(24,25)20-17/h5-6,10-11,14H,7-9,12-13H2,1-4H3. The van der Waals surface area contributed by atoms with Gasteiger partial charge in [0.05, 0.1) is 6.04 Å². The molecule has 8 heteroatoms. The number of carbonyl (C=O) groups is 1. The number of likely N-dealkylation sites (tertiary alicyclic amines) is 1. The highest BCUT2D eigenvalue weighted by molar-refractivity contribution is 7.90. The molecule has 27 heavy (non-hydrogen) atoms. The molecule has 2 aliphatic heterocycles. The van der Waals surface area contributed by atoms with Crippen molar-refractivity contribution in [2.45, 2.75) is 56.6 Å². The zero-order valence-corrected chi connectivity index (χ0v) is 17.1. The van der Waals surface area contributed by atoms with E-state index in [1.54, 1.807) is 29.2 Å². The molecule has 1 atom stereocenters. The second-order valence-corrected chi connectivity index (χ2v) is 9.66. The largest absolute Gasteiger partial charge is 0.444 e. The highest BCUT2D eigenvalue weighted by Gasteiger charge is 2.34. The maximum absolute atomic E-state index is 12.6. The lowest BCUT2D eigenvalue weighted by atomic mass is 10.0. The van der Waals surface area contributed by atoms with Crippen LogP contribution < -0.4 is 0 Å². The number of benzene rings is 1. The van der Waals surface area contributed by atoms with Gasteiger partial charge >= 0.3 is 6.09 Å². The monoisotopic (exact) mass is 393 g/mol. The van der Waals surface area contributed by atoms with E-state index in [1.807, 2.05) is 32.7 Å². The van der Waals surface area contributed by atoms with Crippen molar-refractivity contribution in [3.05, 3.63) is 29.8 Å². The van der Waals surface area contributed by atoms with Crippen LogP contribution in [0.2, 0.25) is 0 Å². The molecule has 2 heterocycles. The maximum Gasteiger partial charge on any atom is 0.410 e. The van der Waals surface area contributed by atoms with E-state index in [2.05, 4.69) is 4.40 Å². The molecule has 3 rings (SSSR count). The lowest BCUT2D eigenvalue weighted by molar-refractivity contribution is 0.00805. The fourth-order valence-corrected chi connectivity index (χ4v) is 4.77. The van der Waals surface area contributed by atoms with Crippen molar-refractivity contribution < 1.29 is 17.9 Å². The Morgan fingerprint density at radius 1 is 1.30 bits per heavy atom. The van der Waals surface area contributed by atoms with Crippen LogP contribution in [0.25, 0.3) is 0 Å². The summed E-state index contributed by atoms with van der Waals surface area (Å²) >= 11 is 0. The molecule has 2 aliphatic rings. The third kappa shape index (κ3) is 4.26. The van der Waals surface area contributed by atoms with E-state index in [0.717, 1.165) is 19.3 Å². The summed E-state index contributed by atoms with van der Waals surface area (Å²) < 4.78 is 34.1. The molecule has 0 radical (unpaired) electrons. The molecule has 7 nitrogen and oxygen atoms in total. The fourth-order valence-electron chi connectivity index (χ4n) is 3.52. The van der Waals surface area contributed by atoms with Gasteiger partial charge in [0.1, 0.15) is 10.5 Å². The first-order valence-electron chi connectivity index (χ1n) is 9.23. The van der Waals surface area contributed by atoms with E-state index in [9.17, 15) is 13.2 Å². The molecule has 0 bridgehead atoms. The molecule has 0 saturated carbocycles. The van der Waals surface area contributed by atoms with Gasteiger partial charge in [0, 0.05) is 25.7 Å². The third-order valence-corrected chi connectivity index (χ3v) is 6.04. The second kappa shape index (κ2) is 7.14. The van der Waals surface area contributed by atoms with Crippen LogP contribution in [0, 0.1) is 0 Å². The number of amides is 1. The van der Waals surface area contributed by atoms with Gasteiger partial charge in [0.2, 0.25) is 0 Å². The van der Waals surface area contributed by atoms with Crippen LogP contribution in [0.3, 0.4) is 0 Å². The Kier molecular flexibility index (Phi) is 5.20. The molecule has 1 fully saturated rings. The number of hydrogen-bond acceptors (Lipinski definition) is 5. The highest BCUT2D eigenvalue weighted by atomic mass is 32.2. The minimum Gasteiger partial charge on any atom is -0.444 e. The number of fused-ring (bicyclic) bond motifs is 1. The molecule has 1 amide bonds. The first kappa shape index (κ1) is 19.7. The Balaban J connectivity index is 1.78. The van der Waals surface area contributed by atoms with Gasteiger partial charge in [-0.15, -0.1) is 4.40 Å². The van der Waals surface area contributed by atoms with Crippen LogP contribution in [0.1, 0.15) is 45.6 Å². The number of hydrogen-bond donors (Lipinski definition) is 0. The van der Waals surface area contributed by atoms with Crippen LogP contribution in [-0.4, -0.2) is 61.9 Å².